The third kappa shape index (κ3) is 3.97. The number of hydrogen-bond donors (Lipinski definition) is 3. The maximum atomic E-state index is 13.1. The smallest absolute Gasteiger partial charge is 0.247 e. The Hall–Kier alpha value is -3.28. The zero-order chi connectivity index (χ0) is 20.6. The molecular weight excluding hydrogens is 366 g/mol. The van der Waals surface area contributed by atoms with Crippen molar-refractivity contribution in [2.45, 2.75) is 45.3 Å². The van der Waals surface area contributed by atoms with Gasteiger partial charge in [0.1, 0.15) is 17.4 Å². The molecule has 1 aliphatic heterocycles. The number of amides is 2. The van der Waals surface area contributed by atoms with Crippen molar-refractivity contribution >= 4 is 28.4 Å². The molecule has 0 fully saturated rings. The van der Waals surface area contributed by atoms with Gasteiger partial charge >= 0.3 is 0 Å². The molecular formula is C23H25N3O3. The normalized spacial score (nSPS) is 15.4. The Morgan fingerprint density at radius 1 is 1.17 bits per heavy atom. The number of aromatic nitrogens is 1. The van der Waals surface area contributed by atoms with Crippen molar-refractivity contribution in [1.82, 2.24) is 10.3 Å². The number of benzene rings is 2. The Morgan fingerprint density at radius 3 is 2.76 bits per heavy atom. The highest BCUT2D eigenvalue weighted by molar-refractivity contribution is 5.99. The first-order chi connectivity index (χ1) is 13.8. The first-order valence-electron chi connectivity index (χ1n) is 9.76. The second kappa shape index (κ2) is 7.28. The van der Waals surface area contributed by atoms with E-state index in [4.69, 9.17) is 4.74 Å². The molecule has 150 valence electrons. The summed E-state index contributed by atoms with van der Waals surface area (Å²) < 4.78 is 6.04. The molecule has 0 saturated heterocycles. The number of ether oxygens (including phenoxy) is 1. The van der Waals surface area contributed by atoms with Crippen molar-refractivity contribution in [3.63, 3.8) is 0 Å². The van der Waals surface area contributed by atoms with Gasteiger partial charge in [-0.1, -0.05) is 30.3 Å². The fourth-order valence-corrected chi connectivity index (χ4v) is 3.91. The van der Waals surface area contributed by atoms with Crippen LogP contribution >= 0.6 is 0 Å². The Kier molecular flexibility index (Phi) is 4.78. The van der Waals surface area contributed by atoms with E-state index >= 15 is 0 Å². The Morgan fingerprint density at radius 2 is 1.97 bits per heavy atom. The van der Waals surface area contributed by atoms with Gasteiger partial charge in [-0.25, -0.2) is 0 Å². The molecule has 0 aliphatic carbocycles. The van der Waals surface area contributed by atoms with Gasteiger partial charge in [0.2, 0.25) is 11.8 Å². The van der Waals surface area contributed by atoms with E-state index in [2.05, 4.69) is 15.6 Å². The molecule has 3 aromatic rings. The first-order valence-corrected chi connectivity index (χ1v) is 9.76. The van der Waals surface area contributed by atoms with Gasteiger partial charge in [-0.3, -0.25) is 9.59 Å². The lowest BCUT2D eigenvalue weighted by Crippen LogP contribution is -2.44. The number of nitrogens with one attached hydrogen (secondary N) is 3. The molecule has 3 N–H and O–H groups in total. The largest absolute Gasteiger partial charge is 0.485 e. The molecule has 0 radical (unpaired) electrons. The Bertz CT molecular complexity index is 1080. The summed E-state index contributed by atoms with van der Waals surface area (Å²) in [6, 6.07) is 13.0. The SMILES string of the molecule is CC(=O)N[C@@H](Cc1c[nH]c2ccccc12)C(=O)Nc1cccc2c1OC(C)(C)C2. The van der Waals surface area contributed by atoms with Gasteiger partial charge in [0.05, 0.1) is 5.69 Å². The van der Waals surface area contributed by atoms with Crippen LogP contribution in [0.3, 0.4) is 0 Å². The standard InChI is InChI=1S/C23H25N3O3/c1-14(27)25-20(11-16-13-24-18-9-5-4-8-17(16)18)22(28)26-19-10-6-7-15-12-23(2,3)29-21(15)19/h4-10,13,20,24H,11-12H2,1-3H3,(H,25,27)(H,26,28)/t20-/m0/s1. The monoisotopic (exact) mass is 391 g/mol. The third-order valence-electron chi connectivity index (χ3n) is 5.14. The molecule has 6 heteroatoms. The topological polar surface area (TPSA) is 83.2 Å². The van der Waals surface area contributed by atoms with Gasteiger partial charge in [0, 0.05) is 42.4 Å². The third-order valence-corrected chi connectivity index (χ3v) is 5.14. The van der Waals surface area contributed by atoms with Gasteiger partial charge in [0.25, 0.3) is 0 Å². The zero-order valence-corrected chi connectivity index (χ0v) is 16.8. The van der Waals surface area contributed by atoms with E-state index in [-0.39, 0.29) is 17.4 Å². The number of para-hydroxylation sites is 2. The van der Waals surface area contributed by atoms with Crippen LogP contribution in [0.2, 0.25) is 0 Å². The molecule has 0 bridgehead atoms. The summed E-state index contributed by atoms with van der Waals surface area (Å²) in [5.41, 5.74) is 3.38. The number of anilines is 1. The second-order valence-corrected chi connectivity index (χ2v) is 8.14. The van der Waals surface area contributed by atoms with Crippen molar-refractivity contribution in [2.24, 2.45) is 0 Å². The summed E-state index contributed by atoms with van der Waals surface area (Å²) in [5, 5.41) is 6.78. The lowest BCUT2D eigenvalue weighted by Gasteiger charge is -2.20. The van der Waals surface area contributed by atoms with Crippen LogP contribution in [-0.2, 0) is 22.4 Å². The van der Waals surface area contributed by atoms with E-state index in [0.717, 1.165) is 28.5 Å². The van der Waals surface area contributed by atoms with Crippen LogP contribution in [0.5, 0.6) is 5.75 Å². The summed E-state index contributed by atoms with van der Waals surface area (Å²) >= 11 is 0. The van der Waals surface area contributed by atoms with Crippen molar-refractivity contribution in [3.8, 4) is 5.75 Å². The predicted octanol–water partition coefficient (Wildman–Crippen LogP) is 3.57. The quantitative estimate of drug-likeness (QED) is 0.622. The minimum atomic E-state index is -0.697. The Balaban J connectivity index is 1.58. The molecule has 2 amide bonds. The van der Waals surface area contributed by atoms with Crippen LogP contribution in [0.15, 0.2) is 48.7 Å². The second-order valence-electron chi connectivity index (χ2n) is 8.14. The summed E-state index contributed by atoms with van der Waals surface area (Å²) in [7, 11) is 0. The lowest BCUT2D eigenvalue weighted by atomic mass is 10.0. The van der Waals surface area contributed by atoms with E-state index in [1.807, 2.05) is 62.5 Å². The van der Waals surface area contributed by atoms with Crippen LogP contribution in [0, 0.1) is 0 Å². The first kappa shape index (κ1) is 19.1. The number of hydrogen-bond acceptors (Lipinski definition) is 3. The molecule has 4 rings (SSSR count). The van der Waals surface area contributed by atoms with E-state index in [1.165, 1.54) is 6.92 Å². The summed E-state index contributed by atoms with van der Waals surface area (Å²) in [6.45, 7) is 5.47. The lowest BCUT2D eigenvalue weighted by molar-refractivity contribution is -0.125. The minimum absolute atomic E-state index is 0.249. The van der Waals surface area contributed by atoms with E-state index in [0.29, 0.717) is 17.9 Å². The van der Waals surface area contributed by atoms with Crippen molar-refractivity contribution < 1.29 is 14.3 Å². The molecule has 1 aromatic heterocycles. The molecule has 0 saturated carbocycles. The van der Waals surface area contributed by atoms with Crippen LogP contribution in [-0.4, -0.2) is 28.4 Å². The molecule has 0 unspecified atom stereocenters. The van der Waals surface area contributed by atoms with Crippen LogP contribution < -0.4 is 15.4 Å². The number of carbonyl (C=O) groups is 2. The maximum Gasteiger partial charge on any atom is 0.247 e. The van der Waals surface area contributed by atoms with Crippen molar-refractivity contribution in [3.05, 3.63) is 59.8 Å². The number of carbonyl (C=O) groups excluding carboxylic acids is 2. The molecule has 6 nitrogen and oxygen atoms in total. The summed E-state index contributed by atoms with van der Waals surface area (Å²) in [6.07, 6.45) is 3.06. The fraction of sp³-hybridized carbons (Fsp3) is 0.304. The highest BCUT2D eigenvalue weighted by Gasteiger charge is 2.32. The van der Waals surface area contributed by atoms with Gasteiger partial charge in [0.15, 0.2) is 0 Å². The zero-order valence-electron chi connectivity index (χ0n) is 16.8. The van der Waals surface area contributed by atoms with Gasteiger partial charge in [-0.05, 0) is 31.5 Å². The van der Waals surface area contributed by atoms with Gasteiger partial charge in [-0.2, -0.15) is 0 Å². The van der Waals surface area contributed by atoms with Crippen LogP contribution in [0.25, 0.3) is 10.9 Å². The molecule has 2 heterocycles. The molecule has 1 aliphatic rings. The van der Waals surface area contributed by atoms with Crippen LogP contribution in [0.4, 0.5) is 5.69 Å². The van der Waals surface area contributed by atoms with E-state index < -0.39 is 6.04 Å². The number of rotatable bonds is 5. The van der Waals surface area contributed by atoms with Crippen molar-refractivity contribution in [2.75, 3.05) is 5.32 Å². The molecule has 0 spiro atoms. The molecule has 29 heavy (non-hydrogen) atoms. The predicted molar refractivity (Wildman–Crippen MR) is 113 cm³/mol. The average molecular weight is 391 g/mol. The minimum Gasteiger partial charge on any atom is -0.485 e. The molecule has 1 atom stereocenters. The average Bonchev–Trinajstić information content (AvgIpc) is 3.21. The number of aromatic amines is 1. The maximum absolute atomic E-state index is 13.1. The summed E-state index contributed by atoms with van der Waals surface area (Å²) in [5.74, 6) is 0.187. The Labute approximate surface area is 169 Å². The summed E-state index contributed by atoms with van der Waals surface area (Å²) in [4.78, 5) is 28.0. The molecule has 2 aromatic carbocycles. The van der Waals surface area contributed by atoms with E-state index in [1.54, 1.807) is 0 Å². The van der Waals surface area contributed by atoms with E-state index in [9.17, 15) is 9.59 Å². The fourth-order valence-electron chi connectivity index (χ4n) is 3.91. The highest BCUT2D eigenvalue weighted by Crippen LogP contribution is 2.40. The number of H-pyrrole nitrogens is 1. The van der Waals surface area contributed by atoms with Gasteiger partial charge < -0.3 is 20.4 Å². The van der Waals surface area contributed by atoms with Gasteiger partial charge in [-0.15, -0.1) is 0 Å². The highest BCUT2D eigenvalue weighted by atomic mass is 16.5. The number of fused-ring (bicyclic) bond motifs is 2. The van der Waals surface area contributed by atoms with Crippen LogP contribution in [0.1, 0.15) is 31.9 Å². The van der Waals surface area contributed by atoms with Crippen molar-refractivity contribution in [1.29, 1.82) is 0 Å².